The summed E-state index contributed by atoms with van der Waals surface area (Å²) in [6, 6.07) is 0. The number of rotatable bonds is 4. The maximum Gasteiger partial charge on any atom is 0.472 e. The van der Waals surface area contributed by atoms with Crippen molar-refractivity contribution in [2.45, 2.75) is 12.5 Å². The molecule has 0 bridgehead atoms. The molecule has 7 heteroatoms. The molecular weight excluding hydrogens is 243 g/mol. The molecule has 0 radical (unpaired) electrons. The van der Waals surface area contributed by atoms with E-state index in [1.54, 1.807) is 19.2 Å². The molecule has 1 rings (SSSR count). The van der Waals surface area contributed by atoms with Crippen LogP contribution in [0.25, 0.3) is 0 Å². The van der Waals surface area contributed by atoms with Gasteiger partial charge in [-0.3, -0.25) is 14.0 Å². The van der Waals surface area contributed by atoms with Crippen LogP contribution >= 0.6 is 7.82 Å². The van der Waals surface area contributed by atoms with Crippen LogP contribution in [0.2, 0.25) is 0 Å². The van der Waals surface area contributed by atoms with Crippen LogP contribution in [0.4, 0.5) is 0 Å². The first-order valence-electron chi connectivity index (χ1n) is 5.01. The Kier molecular flexibility index (Phi) is 5.44. The summed E-state index contributed by atoms with van der Waals surface area (Å²) in [5, 5.41) is 0. The number of nitrogens with zero attached hydrogens (tertiary/aromatic N) is 2. The van der Waals surface area contributed by atoms with Gasteiger partial charge in [0.25, 0.3) is 0 Å². The summed E-state index contributed by atoms with van der Waals surface area (Å²) in [6.07, 6.45) is 6.12. The highest BCUT2D eigenvalue weighted by molar-refractivity contribution is 7.47. The highest BCUT2D eigenvalue weighted by Crippen LogP contribution is 2.49. The lowest BCUT2D eigenvalue weighted by molar-refractivity contribution is 0.0658. The second kappa shape index (κ2) is 6.61. The molecule has 1 N–H and O–H groups in total. The van der Waals surface area contributed by atoms with Crippen molar-refractivity contribution in [1.82, 2.24) is 0 Å². The van der Waals surface area contributed by atoms with Crippen LogP contribution in [0.5, 0.6) is 0 Å². The summed E-state index contributed by atoms with van der Waals surface area (Å²) in [5.41, 5.74) is 0.677. The number of aliphatic imine (C=N–C) groups is 2. The first-order chi connectivity index (χ1) is 8.09. The van der Waals surface area contributed by atoms with Gasteiger partial charge in [-0.15, -0.1) is 0 Å². The lowest BCUT2D eigenvalue weighted by Gasteiger charge is -2.26. The number of phosphoric acid groups is 1. The first kappa shape index (κ1) is 14.0. The molecule has 1 heterocycles. The van der Waals surface area contributed by atoms with Crippen LogP contribution in [-0.2, 0) is 13.6 Å². The van der Waals surface area contributed by atoms with Crippen molar-refractivity contribution in [2.75, 3.05) is 13.7 Å². The van der Waals surface area contributed by atoms with Crippen molar-refractivity contribution >= 4 is 20.4 Å². The molecule has 0 aliphatic carbocycles. The van der Waals surface area contributed by atoms with Gasteiger partial charge in [0, 0.05) is 19.7 Å². The number of phosphoric ester groups is 1. The minimum absolute atomic E-state index is 0.178. The normalized spacial score (nSPS) is 31.2. The molecule has 0 aromatic carbocycles. The predicted octanol–water partition coefficient (Wildman–Crippen LogP) is 1.73. The zero-order valence-corrected chi connectivity index (χ0v) is 10.4. The summed E-state index contributed by atoms with van der Waals surface area (Å²) in [5.74, 6) is 0. The van der Waals surface area contributed by atoms with E-state index in [0.717, 1.165) is 0 Å². The zero-order chi connectivity index (χ0) is 12.7. The molecule has 0 spiro atoms. The Labute approximate surface area is 100 Å². The average molecular weight is 258 g/mol. The largest absolute Gasteiger partial charge is 0.472 e. The molecule has 17 heavy (non-hydrogen) atoms. The summed E-state index contributed by atoms with van der Waals surface area (Å²) in [4.78, 5) is 16.7. The minimum Gasteiger partial charge on any atom is -0.302 e. The number of hydrogen-bond acceptors (Lipinski definition) is 4. The maximum absolute atomic E-state index is 11.2. The fourth-order valence-corrected chi connectivity index (χ4v) is 2.23. The Bertz CT molecular complexity index is 403. The molecule has 2 unspecified atom stereocenters. The van der Waals surface area contributed by atoms with E-state index < -0.39 is 13.9 Å². The van der Waals surface area contributed by atoms with Gasteiger partial charge in [-0.1, -0.05) is 12.7 Å². The third kappa shape index (κ3) is 4.75. The Balaban J connectivity index is 2.73. The van der Waals surface area contributed by atoms with Crippen LogP contribution in [0.3, 0.4) is 0 Å². The van der Waals surface area contributed by atoms with E-state index in [1.807, 2.05) is 0 Å². The van der Waals surface area contributed by atoms with E-state index >= 15 is 0 Å². The fourth-order valence-electron chi connectivity index (χ4n) is 1.29. The number of allylic oxidation sites excluding steroid dienone is 1. The Morgan fingerprint density at radius 3 is 3.00 bits per heavy atom. The van der Waals surface area contributed by atoms with Crippen molar-refractivity contribution in [2.24, 2.45) is 9.98 Å². The Morgan fingerprint density at radius 2 is 2.41 bits per heavy atom. The van der Waals surface area contributed by atoms with Crippen molar-refractivity contribution in [1.29, 1.82) is 0 Å². The SMILES string of the molecule is C=CC(=CC=NC=NC)C1CCOP(=O)(O)O1. The maximum atomic E-state index is 11.2. The third-order valence-electron chi connectivity index (χ3n) is 2.04. The van der Waals surface area contributed by atoms with Crippen molar-refractivity contribution < 1.29 is 18.5 Å². The van der Waals surface area contributed by atoms with Gasteiger partial charge < -0.3 is 4.89 Å². The summed E-state index contributed by atoms with van der Waals surface area (Å²) < 4.78 is 20.8. The summed E-state index contributed by atoms with van der Waals surface area (Å²) >= 11 is 0. The van der Waals surface area contributed by atoms with E-state index in [-0.39, 0.29) is 6.61 Å². The minimum atomic E-state index is -3.91. The molecule has 94 valence electrons. The molecule has 0 amide bonds. The highest BCUT2D eigenvalue weighted by atomic mass is 31.2. The average Bonchev–Trinajstić information content (AvgIpc) is 2.28. The van der Waals surface area contributed by atoms with Crippen LogP contribution in [0.15, 0.2) is 34.3 Å². The predicted molar refractivity (Wildman–Crippen MR) is 66.5 cm³/mol. The third-order valence-corrected chi connectivity index (χ3v) is 3.07. The van der Waals surface area contributed by atoms with Crippen LogP contribution in [-0.4, -0.2) is 37.2 Å². The molecule has 2 atom stereocenters. The Morgan fingerprint density at radius 1 is 1.65 bits per heavy atom. The van der Waals surface area contributed by atoms with E-state index in [1.165, 1.54) is 12.6 Å². The first-order valence-corrected chi connectivity index (χ1v) is 6.51. The summed E-state index contributed by atoms with van der Waals surface area (Å²) in [7, 11) is -2.30. The zero-order valence-electron chi connectivity index (χ0n) is 9.52. The molecule has 1 saturated heterocycles. The topological polar surface area (TPSA) is 80.5 Å². The van der Waals surface area contributed by atoms with Crippen LogP contribution in [0, 0.1) is 0 Å². The second-order valence-electron chi connectivity index (χ2n) is 3.23. The smallest absolute Gasteiger partial charge is 0.302 e. The van der Waals surface area contributed by atoms with Crippen LogP contribution < -0.4 is 0 Å². The fraction of sp³-hybridized carbons (Fsp3) is 0.400. The molecule has 1 aliphatic heterocycles. The highest BCUT2D eigenvalue weighted by Gasteiger charge is 2.32. The molecule has 0 aromatic rings. The van der Waals surface area contributed by atoms with Gasteiger partial charge in [0.15, 0.2) is 0 Å². The van der Waals surface area contributed by atoms with E-state index in [9.17, 15) is 9.46 Å². The van der Waals surface area contributed by atoms with Crippen molar-refractivity contribution in [3.63, 3.8) is 0 Å². The molecule has 1 aliphatic rings. The van der Waals surface area contributed by atoms with E-state index in [4.69, 9.17) is 4.52 Å². The quantitative estimate of drug-likeness (QED) is 0.360. The van der Waals surface area contributed by atoms with E-state index in [2.05, 4.69) is 21.1 Å². The Hall–Kier alpha value is -1.07. The molecule has 0 aromatic heterocycles. The standard InChI is InChI=1S/C10H15N2O4P/c1-3-9(4-6-12-8-11-2)10-5-7-15-17(13,14)16-10/h3-4,6,8,10H,1,5,7H2,2H3,(H,13,14). The van der Waals surface area contributed by atoms with Gasteiger partial charge in [-0.2, -0.15) is 0 Å². The lowest BCUT2D eigenvalue weighted by atomic mass is 10.1. The molecule has 0 saturated carbocycles. The van der Waals surface area contributed by atoms with Crippen molar-refractivity contribution in [3.8, 4) is 0 Å². The monoisotopic (exact) mass is 258 g/mol. The van der Waals surface area contributed by atoms with Gasteiger partial charge in [0.2, 0.25) is 0 Å². The van der Waals surface area contributed by atoms with Gasteiger partial charge in [0.1, 0.15) is 6.34 Å². The number of hydrogen-bond donors (Lipinski definition) is 1. The second-order valence-corrected chi connectivity index (χ2v) is 4.63. The molecule has 6 nitrogen and oxygen atoms in total. The molecule has 1 fully saturated rings. The van der Waals surface area contributed by atoms with Crippen molar-refractivity contribution in [3.05, 3.63) is 24.3 Å². The van der Waals surface area contributed by atoms with E-state index in [0.29, 0.717) is 12.0 Å². The van der Waals surface area contributed by atoms with Crippen LogP contribution in [0.1, 0.15) is 6.42 Å². The van der Waals surface area contributed by atoms with Gasteiger partial charge in [0.05, 0.1) is 12.7 Å². The summed E-state index contributed by atoms with van der Waals surface area (Å²) in [6.45, 7) is 3.80. The van der Waals surface area contributed by atoms with Gasteiger partial charge in [-0.25, -0.2) is 9.56 Å². The molecular formula is C10H15N2O4P. The lowest BCUT2D eigenvalue weighted by Crippen LogP contribution is -2.21. The van der Waals surface area contributed by atoms with Gasteiger partial charge in [-0.05, 0) is 11.6 Å². The van der Waals surface area contributed by atoms with Gasteiger partial charge >= 0.3 is 7.82 Å².